The fourth-order valence-electron chi connectivity index (χ4n) is 5.04. The molecule has 220 valence electrons. The number of rotatable bonds is 13. The quantitative estimate of drug-likeness (QED) is 0.178. The van der Waals surface area contributed by atoms with Gasteiger partial charge in [-0.1, -0.05) is 67.1 Å². The fraction of sp³-hybridized carbons (Fsp3) is 0.229. The first kappa shape index (κ1) is 29.5. The highest BCUT2D eigenvalue weighted by Gasteiger charge is 2.30. The Labute approximate surface area is 249 Å². The third-order valence-corrected chi connectivity index (χ3v) is 7.62. The minimum Gasteiger partial charge on any atom is -0.492 e. The number of amides is 1. The molecule has 1 saturated carbocycles. The molecule has 2 N–H and O–H groups in total. The maximum Gasteiger partial charge on any atom is 0.326 e. The Morgan fingerprint density at radius 1 is 0.907 bits per heavy atom. The van der Waals surface area contributed by atoms with Gasteiger partial charge < -0.3 is 20.1 Å². The van der Waals surface area contributed by atoms with E-state index in [0.29, 0.717) is 28.3 Å². The second-order valence-electron chi connectivity index (χ2n) is 10.6. The largest absolute Gasteiger partial charge is 0.492 e. The van der Waals surface area contributed by atoms with E-state index in [1.165, 1.54) is 12.1 Å². The standard InChI is InChI=1S/C35H33FN2O5/c36-27-12-7-13-28(23-27)38(34(40)26-10-6-11-26)20-21-43-29-18-16-24(17-19-29)22-32(35(41)42)37-31-15-5-4-14-30(31)33(39)25-8-2-1-3-9-25/h1-5,7-9,12-19,23,26,32,37H,6,10-11,20-22H2,(H,41,42). The smallest absolute Gasteiger partial charge is 0.326 e. The van der Waals surface area contributed by atoms with Crippen LogP contribution in [-0.2, 0) is 16.0 Å². The van der Waals surface area contributed by atoms with Crippen molar-refractivity contribution in [3.8, 4) is 5.75 Å². The molecule has 0 bridgehead atoms. The van der Waals surface area contributed by atoms with Gasteiger partial charge in [0.15, 0.2) is 5.78 Å². The minimum atomic E-state index is -1.05. The van der Waals surface area contributed by atoms with Gasteiger partial charge in [0.2, 0.25) is 5.91 Å². The van der Waals surface area contributed by atoms with Crippen LogP contribution in [0.4, 0.5) is 15.8 Å². The highest BCUT2D eigenvalue weighted by Crippen LogP contribution is 2.30. The van der Waals surface area contributed by atoms with Gasteiger partial charge >= 0.3 is 5.97 Å². The van der Waals surface area contributed by atoms with Crippen LogP contribution < -0.4 is 15.0 Å². The van der Waals surface area contributed by atoms with E-state index in [0.717, 1.165) is 24.8 Å². The van der Waals surface area contributed by atoms with Crippen molar-refractivity contribution in [2.24, 2.45) is 5.92 Å². The first-order valence-electron chi connectivity index (χ1n) is 14.4. The predicted octanol–water partition coefficient (Wildman–Crippen LogP) is 6.38. The number of nitrogens with zero attached hydrogens (tertiary/aromatic N) is 1. The van der Waals surface area contributed by atoms with E-state index in [1.54, 1.807) is 89.8 Å². The molecule has 5 rings (SSSR count). The van der Waals surface area contributed by atoms with E-state index in [4.69, 9.17) is 4.74 Å². The normalized spacial score (nSPS) is 13.4. The Bertz CT molecular complexity index is 1570. The second-order valence-corrected chi connectivity index (χ2v) is 10.6. The third-order valence-electron chi connectivity index (χ3n) is 7.62. The van der Waals surface area contributed by atoms with Crippen molar-refractivity contribution in [1.82, 2.24) is 0 Å². The van der Waals surface area contributed by atoms with Crippen LogP contribution in [-0.4, -0.2) is 42.0 Å². The van der Waals surface area contributed by atoms with Gasteiger partial charge in [-0.05, 0) is 60.9 Å². The summed E-state index contributed by atoms with van der Waals surface area (Å²) in [5.41, 5.74) is 2.64. The summed E-state index contributed by atoms with van der Waals surface area (Å²) in [6.07, 6.45) is 2.88. The summed E-state index contributed by atoms with van der Waals surface area (Å²) >= 11 is 0. The van der Waals surface area contributed by atoms with Crippen LogP contribution in [0, 0.1) is 11.7 Å². The number of hydrogen-bond donors (Lipinski definition) is 2. The predicted molar refractivity (Wildman–Crippen MR) is 163 cm³/mol. The summed E-state index contributed by atoms with van der Waals surface area (Å²) in [6.45, 7) is 0.479. The summed E-state index contributed by atoms with van der Waals surface area (Å²) in [5, 5.41) is 13.0. The van der Waals surface area contributed by atoms with Gasteiger partial charge in [0, 0.05) is 34.8 Å². The highest BCUT2D eigenvalue weighted by molar-refractivity contribution is 6.12. The number of carboxylic acids is 1. The summed E-state index contributed by atoms with van der Waals surface area (Å²) in [5.74, 6) is -1.13. The number of hydrogen-bond acceptors (Lipinski definition) is 5. The number of carbonyl (C=O) groups excluding carboxylic acids is 2. The van der Waals surface area contributed by atoms with Gasteiger partial charge in [0.1, 0.15) is 24.2 Å². The number of nitrogens with one attached hydrogen (secondary N) is 1. The van der Waals surface area contributed by atoms with Crippen molar-refractivity contribution in [1.29, 1.82) is 0 Å². The lowest BCUT2D eigenvalue weighted by Gasteiger charge is -2.31. The topological polar surface area (TPSA) is 95.9 Å². The molecular weight excluding hydrogens is 547 g/mol. The minimum absolute atomic E-state index is 0.0185. The number of carbonyl (C=O) groups is 3. The molecule has 4 aromatic carbocycles. The van der Waals surface area contributed by atoms with E-state index in [2.05, 4.69) is 5.32 Å². The highest BCUT2D eigenvalue weighted by atomic mass is 19.1. The molecule has 0 heterocycles. The van der Waals surface area contributed by atoms with E-state index in [1.807, 2.05) is 6.07 Å². The zero-order valence-electron chi connectivity index (χ0n) is 23.6. The Hall–Kier alpha value is -4.98. The van der Waals surface area contributed by atoms with Gasteiger partial charge in [-0.3, -0.25) is 9.59 Å². The molecule has 0 radical (unpaired) electrons. The van der Waals surface area contributed by atoms with Crippen LogP contribution in [0.1, 0.15) is 40.7 Å². The lowest BCUT2D eigenvalue weighted by atomic mass is 9.84. The molecule has 0 aromatic heterocycles. The maximum absolute atomic E-state index is 13.9. The van der Waals surface area contributed by atoms with Crippen LogP contribution in [0.25, 0.3) is 0 Å². The molecule has 1 aliphatic carbocycles. The molecule has 1 aliphatic rings. The molecule has 1 atom stereocenters. The SMILES string of the molecule is O=C(c1ccccc1)c1ccccc1NC(Cc1ccc(OCCN(C(=O)C2CCC2)c2cccc(F)c2)cc1)C(=O)O. The van der Waals surface area contributed by atoms with Crippen molar-refractivity contribution in [2.75, 3.05) is 23.4 Å². The number of aliphatic carboxylic acids is 1. The Morgan fingerprint density at radius 3 is 2.30 bits per heavy atom. The lowest BCUT2D eigenvalue weighted by molar-refractivity contribution is -0.137. The molecule has 1 unspecified atom stereocenters. The molecule has 4 aromatic rings. The zero-order valence-corrected chi connectivity index (χ0v) is 23.6. The zero-order chi connectivity index (χ0) is 30.2. The van der Waals surface area contributed by atoms with Crippen molar-refractivity contribution < 1.29 is 28.6 Å². The third kappa shape index (κ3) is 7.46. The number of benzene rings is 4. The molecule has 1 fully saturated rings. The first-order chi connectivity index (χ1) is 20.9. The molecule has 0 saturated heterocycles. The number of para-hydroxylation sites is 1. The van der Waals surface area contributed by atoms with Gasteiger partial charge in [-0.15, -0.1) is 0 Å². The van der Waals surface area contributed by atoms with Gasteiger partial charge in [0.05, 0.1) is 6.54 Å². The van der Waals surface area contributed by atoms with Gasteiger partial charge in [0.25, 0.3) is 0 Å². The van der Waals surface area contributed by atoms with Crippen LogP contribution in [0.5, 0.6) is 5.75 Å². The van der Waals surface area contributed by atoms with Crippen LogP contribution in [0.3, 0.4) is 0 Å². The Kier molecular flexibility index (Phi) is 9.46. The van der Waals surface area contributed by atoms with Crippen molar-refractivity contribution in [2.45, 2.75) is 31.7 Å². The molecular formula is C35H33FN2O5. The van der Waals surface area contributed by atoms with Crippen molar-refractivity contribution >= 4 is 29.0 Å². The molecule has 0 aliphatic heterocycles. The number of carboxylic acid groups (broad SMARTS) is 1. The summed E-state index contributed by atoms with van der Waals surface area (Å²) < 4.78 is 19.8. The first-order valence-corrected chi connectivity index (χ1v) is 14.4. The Morgan fingerprint density at radius 2 is 1.63 bits per heavy atom. The number of halogens is 1. The van der Waals surface area contributed by atoms with Crippen LogP contribution in [0.15, 0.2) is 103 Å². The molecule has 1 amide bonds. The maximum atomic E-state index is 13.9. The molecule has 8 heteroatoms. The summed E-state index contributed by atoms with van der Waals surface area (Å²) in [6, 6.07) is 27.8. The van der Waals surface area contributed by atoms with E-state index >= 15 is 0 Å². The van der Waals surface area contributed by atoms with E-state index in [9.17, 15) is 23.9 Å². The number of ether oxygens (including phenoxy) is 1. The van der Waals surface area contributed by atoms with Crippen LogP contribution in [0.2, 0.25) is 0 Å². The van der Waals surface area contributed by atoms with Crippen LogP contribution >= 0.6 is 0 Å². The van der Waals surface area contributed by atoms with Gasteiger partial charge in [-0.25, -0.2) is 9.18 Å². The van der Waals surface area contributed by atoms with Crippen molar-refractivity contribution in [3.63, 3.8) is 0 Å². The average Bonchev–Trinajstić information content (AvgIpc) is 2.99. The monoisotopic (exact) mass is 580 g/mol. The van der Waals surface area contributed by atoms with Gasteiger partial charge in [-0.2, -0.15) is 0 Å². The molecule has 0 spiro atoms. The Balaban J connectivity index is 1.21. The number of anilines is 2. The summed E-state index contributed by atoms with van der Waals surface area (Å²) in [7, 11) is 0. The lowest BCUT2D eigenvalue weighted by Crippen LogP contribution is -2.41. The van der Waals surface area contributed by atoms with Crippen molar-refractivity contribution in [3.05, 3.63) is 126 Å². The second kappa shape index (κ2) is 13.8. The fourth-order valence-corrected chi connectivity index (χ4v) is 5.04. The molecule has 43 heavy (non-hydrogen) atoms. The number of ketones is 1. The average molecular weight is 581 g/mol. The summed E-state index contributed by atoms with van der Waals surface area (Å²) in [4.78, 5) is 39.9. The van der Waals surface area contributed by atoms with E-state index < -0.39 is 17.8 Å². The van der Waals surface area contributed by atoms with E-state index in [-0.39, 0.29) is 37.2 Å². The molecule has 7 nitrogen and oxygen atoms in total.